The lowest BCUT2D eigenvalue weighted by Gasteiger charge is -2.29. The minimum atomic E-state index is -4.01. The van der Waals surface area contributed by atoms with Gasteiger partial charge in [-0.2, -0.15) is 0 Å². The van der Waals surface area contributed by atoms with E-state index in [9.17, 15) is 13.2 Å². The van der Waals surface area contributed by atoms with Crippen LogP contribution < -0.4 is 19.3 Å². The molecule has 0 spiro atoms. The topological polar surface area (TPSA) is 88.2 Å². The van der Waals surface area contributed by atoms with Crippen LogP contribution in [0.2, 0.25) is 0 Å². The van der Waals surface area contributed by atoms with Crippen LogP contribution in [0.25, 0.3) is 0 Å². The van der Waals surface area contributed by atoms with Crippen molar-refractivity contribution in [2.75, 3.05) is 54.0 Å². The number of amides is 1. The fraction of sp³-hybridized carbons (Fsp3) is 0.269. The highest BCUT2D eigenvalue weighted by Gasteiger charge is 2.27. The molecule has 190 valence electrons. The summed E-state index contributed by atoms with van der Waals surface area (Å²) < 4.78 is 39.8. The highest BCUT2D eigenvalue weighted by molar-refractivity contribution is 9.10. The van der Waals surface area contributed by atoms with E-state index in [1.807, 2.05) is 31.2 Å². The fourth-order valence-corrected chi connectivity index (χ4v) is 5.52. The van der Waals surface area contributed by atoms with E-state index in [2.05, 4.69) is 26.1 Å². The lowest BCUT2D eigenvalue weighted by Crippen LogP contribution is -2.38. The summed E-state index contributed by atoms with van der Waals surface area (Å²) in [6.07, 6.45) is 0. The zero-order valence-corrected chi connectivity index (χ0v) is 22.3. The van der Waals surface area contributed by atoms with Crippen LogP contribution in [0.1, 0.15) is 6.92 Å². The first-order valence-corrected chi connectivity index (χ1v) is 13.8. The van der Waals surface area contributed by atoms with Crippen LogP contribution >= 0.6 is 15.9 Å². The maximum Gasteiger partial charge on any atom is 0.264 e. The first-order valence-electron chi connectivity index (χ1n) is 11.6. The van der Waals surface area contributed by atoms with Crippen molar-refractivity contribution in [3.63, 3.8) is 0 Å². The molecule has 1 amide bonds. The highest BCUT2D eigenvalue weighted by Crippen LogP contribution is 2.27. The number of benzene rings is 3. The summed E-state index contributed by atoms with van der Waals surface area (Å²) in [7, 11) is -4.01. The molecule has 1 fully saturated rings. The minimum Gasteiger partial charge on any atom is -0.494 e. The van der Waals surface area contributed by atoms with Crippen LogP contribution in [0.3, 0.4) is 0 Å². The third kappa shape index (κ3) is 6.37. The Morgan fingerprint density at radius 3 is 2.25 bits per heavy atom. The van der Waals surface area contributed by atoms with Gasteiger partial charge >= 0.3 is 0 Å². The summed E-state index contributed by atoms with van der Waals surface area (Å²) in [5.41, 5.74) is 1.99. The molecule has 0 radical (unpaired) electrons. The number of sulfonamides is 1. The fourth-order valence-electron chi connectivity index (χ4n) is 3.83. The van der Waals surface area contributed by atoms with Crippen LogP contribution in [-0.4, -0.2) is 53.8 Å². The van der Waals surface area contributed by atoms with E-state index in [4.69, 9.17) is 9.47 Å². The predicted molar refractivity (Wildman–Crippen MR) is 144 cm³/mol. The van der Waals surface area contributed by atoms with Gasteiger partial charge in [0.15, 0.2) is 0 Å². The third-order valence-corrected chi connectivity index (χ3v) is 7.97. The Morgan fingerprint density at radius 1 is 1.00 bits per heavy atom. The molecule has 0 unspecified atom stereocenters. The Kier molecular flexibility index (Phi) is 8.50. The zero-order chi connectivity index (χ0) is 25.5. The largest absolute Gasteiger partial charge is 0.494 e. The van der Waals surface area contributed by atoms with Crippen LogP contribution in [0.15, 0.2) is 82.2 Å². The molecule has 0 aliphatic carbocycles. The summed E-state index contributed by atoms with van der Waals surface area (Å²) in [6, 6.07) is 20.4. The third-order valence-electron chi connectivity index (χ3n) is 5.65. The van der Waals surface area contributed by atoms with Gasteiger partial charge in [-0.1, -0.05) is 15.9 Å². The van der Waals surface area contributed by atoms with Gasteiger partial charge in [-0.25, -0.2) is 8.42 Å². The molecule has 4 rings (SSSR count). The van der Waals surface area contributed by atoms with E-state index in [1.165, 1.54) is 12.1 Å². The number of nitrogens with one attached hydrogen (secondary N) is 1. The second-order valence-electron chi connectivity index (χ2n) is 8.09. The van der Waals surface area contributed by atoms with Crippen molar-refractivity contribution < 1.29 is 22.7 Å². The molecule has 3 aromatic carbocycles. The first-order chi connectivity index (χ1) is 17.4. The van der Waals surface area contributed by atoms with Gasteiger partial charge in [-0.05, 0) is 79.7 Å². The summed E-state index contributed by atoms with van der Waals surface area (Å²) in [5.74, 6) is 0.163. The molecule has 10 heteroatoms. The van der Waals surface area contributed by atoms with Crippen LogP contribution in [-0.2, 0) is 19.6 Å². The van der Waals surface area contributed by atoms with E-state index in [1.54, 1.807) is 36.4 Å². The van der Waals surface area contributed by atoms with Gasteiger partial charge in [0.25, 0.3) is 10.0 Å². The summed E-state index contributed by atoms with van der Waals surface area (Å²) in [6.45, 7) is 4.98. The van der Waals surface area contributed by atoms with E-state index in [0.717, 1.165) is 27.6 Å². The van der Waals surface area contributed by atoms with Crippen molar-refractivity contribution in [2.24, 2.45) is 0 Å². The van der Waals surface area contributed by atoms with E-state index < -0.39 is 22.5 Å². The molecule has 0 saturated carbocycles. The number of rotatable bonds is 9. The average molecular weight is 574 g/mol. The maximum absolute atomic E-state index is 13.5. The van der Waals surface area contributed by atoms with Crippen molar-refractivity contribution in [1.82, 2.24) is 0 Å². The Hall–Kier alpha value is -3.08. The van der Waals surface area contributed by atoms with Crippen molar-refractivity contribution in [2.45, 2.75) is 11.8 Å². The second-order valence-corrected chi connectivity index (χ2v) is 10.9. The molecule has 0 aromatic heterocycles. The Balaban J connectivity index is 1.54. The van der Waals surface area contributed by atoms with Gasteiger partial charge in [0.05, 0.1) is 30.4 Å². The molecule has 1 aliphatic heterocycles. The van der Waals surface area contributed by atoms with Crippen LogP contribution in [0.5, 0.6) is 5.75 Å². The monoisotopic (exact) mass is 573 g/mol. The molecule has 1 aliphatic rings. The predicted octanol–water partition coefficient (Wildman–Crippen LogP) is 4.52. The van der Waals surface area contributed by atoms with E-state index >= 15 is 0 Å². The van der Waals surface area contributed by atoms with Crippen LogP contribution in [0, 0.1) is 0 Å². The number of anilines is 3. The summed E-state index contributed by atoms with van der Waals surface area (Å²) in [4.78, 5) is 15.3. The summed E-state index contributed by atoms with van der Waals surface area (Å²) in [5, 5.41) is 2.82. The highest BCUT2D eigenvalue weighted by atomic mass is 79.9. The number of hydrogen-bond donors (Lipinski definition) is 1. The van der Waals surface area contributed by atoms with Gasteiger partial charge in [0, 0.05) is 28.9 Å². The molecule has 8 nitrogen and oxygen atoms in total. The maximum atomic E-state index is 13.5. The van der Waals surface area contributed by atoms with Crippen molar-refractivity contribution in [1.29, 1.82) is 0 Å². The van der Waals surface area contributed by atoms with E-state index in [0.29, 0.717) is 36.9 Å². The quantitative estimate of drug-likeness (QED) is 0.405. The zero-order valence-electron chi connectivity index (χ0n) is 19.9. The van der Waals surface area contributed by atoms with Crippen molar-refractivity contribution >= 4 is 48.9 Å². The lowest BCUT2D eigenvalue weighted by molar-refractivity contribution is -0.114. The molecule has 3 aromatic rings. The average Bonchev–Trinajstić information content (AvgIpc) is 2.89. The SMILES string of the molecule is CCOc1ccc(N(CC(=O)Nc2ccc(N3CCOCC3)cc2)S(=O)(=O)c2ccc(Br)cc2)cc1. The number of hydrogen-bond acceptors (Lipinski definition) is 6. The molecule has 1 saturated heterocycles. The number of nitrogens with zero attached hydrogens (tertiary/aromatic N) is 2. The summed E-state index contributed by atoms with van der Waals surface area (Å²) >= 11 is 3.33. The minimum absolute atomic E-state index is 0.0854. The molecular formula is C26H28BrN3O5S. The van der Waals surface area contributed by atoms with Gasteiger partial charge in [0.2, 0.25) is 5.91 Å². The molecule has 1 N–H and O–H groups in total. The Morgan fingerprint density at radius 2 is 1.64 bits per heavy atom. The number of carbonyl (C=O) groups is 1. The number of halogens is 1. The van der Waals surface area contributed by atoms with Gasteiger partial charge < -0.3 is 19.7 Å². The number of morpholine rings is 1. The number of ether oxygens (including phenoxy) is 2. The lowest BCUT2D eigenvalue weighted by atomic mass is 10.2. The second kappa shape index (κ2) is 11.8. The smallest absolute Gasteiger partial charge is 0.264 e. The van der Waals surface area contributed by atoms with E-state index in [-0.39, 0.29) is 4.90 Å². The molecule has 36 heavy (non-hydrogen) atoms. The van der Waals surface area contributed by atoms with Crippen molar-refractivity contribution in [3.8, 4) is 5.75 Å². The van der Waals surface area contributed by atoms with Crippen LogP contribution in [0.4, 0.5) is 17.1 Å². The molecular weight excluding hydrogens is 546 g/mol. The first kappa shape index (κ1) is 26.0. The molecule has 0 atom stereocenters. The molecule has 0 bridgehead atoms. The normalized spacial score (nSPS) is 13.8. The van der Waals surface area contributed by atoms with Gasteiger partial charge in [-0.3, -0.25) is 9.10 Å². The molecule has 1 heterocycles. The number of carbonyl (C=O) groups excluding carboxylic acids is 1. The Bertz CT molecular complexity index is 1260. The van der Waals surface area contributed by atoms with Crippen molar-refractivity contribution in [3.05, 3.63) is 77.3 Å². The Labute approximate surface area is 220 Å². The van der Waals surface area contributed by atoms with Gasteiger partial charge in [0.1, 0.15) is 12.3 Å². The standard InChI is InChI=1S/C26H28BrN3O5S/c1-2-35-24-11-9-23(10-12-24)30(36(32,33)25-13-3-20(27)4-14-25)19-26(31)28-21-5-7-22(8-6-21)29-15-17-34-18-16-29/h3-14H,2,15-19H2,1H3,(H,28,31). The van der Waals surface area contributed by atoms with Gasteiger partial charge in [-0.15, -0.1) is 0 Å².